The molecule has 3 rings (SSSR count). The van der Waals surface area contributed by atoms with Crippen LogP contribution in [0.15, 0.2) is 36.0 Å². The van der Waals surface area contributed by atoms with Crippen molar-refractivity contribution >= 4 is 11.3 Å². The third-order valence-corrected chi connectivity index (χ3v) is 4.61. The van der Waals surface area contributed by atoms with E-state index in [-0.39, 0.29) is 5.56 Å². The van der Waals surface area contributed by atoms with Crippen LogP contribution in [0.4, 0.5) is 13.2 Å². The van der Waals surface area contributed by atoms with Crippen molar-refractivity contribution in [1.29, 1.82) is 0 Å². The number of likely N-dealkylation sites (tertiary alicyclic amines) is 1. The van der Waals surface area contributed by atoms with E-state index in [1.165, 1.54) is 23.5 Å². The minimum Gasteiger partial charge on any atom is -0.392 e. The van der Waals surface area contributed by atoms with Gasteiger partial charge in [-0.15, -0.1) is 11.3 Å². The molecule has 2 atom stereocenters. The van der Waals surface area contributed by atoms with Gasteiger partial charge in [0.05, 0.1) is 17.2 Å². The van der Waals surface area contributed by atoms with Crippen LogP contribution in [0.25, 0.3) is 0 Å². The number of hydrogen-bond acceptors (Lipinski definition) is 4. The summed E-state index contributed by atoms with van der Waals surface area (Å²) in [5, 5.41) is 9.92. The van der Waals surface area contributed by atoms with Gasteiger partial charge in [0.25, 0.3) is 0 Å². The quantitative estimate of drug-likeness (QED) is 0.937. The van der Waals surface area contributed by atoms with Crippen LogP contribution in [-0.2, 0) is 12.7 Å². The van der Waals surface area contributed by atoms with Gasteiger partial charge in [0.1, 0.15) is 0 Å². The Morgan fingerprint density at radius 1 is 1.32 bits per heavy atom. The second kappa shape index (κ2) is 5.98. The maximum Gasteiger partial charge on any atom is 0.416 e. The molecule has 118 valence electrons. The van der Waals surface area contributed by atoms with Crippen LogP contribution in [0.3, 0.4) is 0 Å². The predicted molar refractivity (Wildman–Crippen MR) is 77.3 cm³/mol. The van der Waals surface area contributed by atoms with E-state index in [4.69, 9.17) is 0 Å². The van der Waals surface area contributed by atoms with Crippen LogP contribution in [-0.4, -0.2) is 27.6 Å². The van der Waals surface area contributed by atoms with Crippen molar-refractivity contribution in [2.45, 2.75) is 31.3 Å². The Morgan fingerprint density at radius 3 is 2.77 bits per heavy atom. The van der Waals surface area contributed by atoms with Crippen molar-refractivity contribution in [3.8, 4) is 0 Å². The van der Waals surface area contributed by atoms with E-state index in [1.807, 2.05) is 4.90 Å². The molecule has 0 saturated carbocycles. The molecule has 0 unspecified atom stereocenters. The van der Waals surface area contributed by atoms with Gasteiger partial charge in [0.15, 0.2) is 0 Å². The predicted octanol–water partition coefficient (Wildman–Crippen LogP) is 3.47. The summed E-state index contributed by atoms with van der Waals surface area (Å²) >= 11 is 1.46. The van der Waals surface area contributed by atoms with Gasteiger partial charge in [-0.1, -0.05) is 18.2 Å². The summed E-state index contributed by atoms with van der Waals surface area (Å²) in [6.45, 7) is 0.868. The maximum atomic E-state index is 13.2. The number of alkyl halides is 3. The second-order valence-corrected chi connectivity index (χ2v) is 6.36. The average Bonchev–Trinajstić information content (AvgIpc) is 3.08. The maximum absolute atomic E-state index is 13.2. The molecule has 1 aromatic heterocycles. The lowest BCUT2D eigenvalue weighted by molar-refractivity contribution is -0.138. The Labute approximate surface area is 130 Å². The second-order valence-electron chi connectivity index (χ2n) is 5.39. The van der Waals surface area contributed by atoms with Crippen LogP contribution in [0.2, 0.25) is 0 Å². The van der Waals surface area contributed by atoms with E-state index < -0.39 is 23.9 Å². The van der Waals surface area contributed by atoms with Gasteiger partial charge in [-0.25, -0.2) is 0 Å². The summed E-state index contributed by atoms with van der Waals surface area (Å²) in [5.41, 5.74) is 1.31. The minimum atomic E-state index is -4.39. The number of aliphatic hydroxyl groups excluding tert-OH is 1. The smallest absolute Gasteiger partial charge is 0.392 e. The number of aliphatic hydroxyl groups is 1. The molecule has 1 aliphatic rings. The molecule has 1 saturated heterocycles. The summed E-state index contributed by atoms with van der Waals surface area (Å²) in [5.74, 6) is 0. The minimum absolute atomic E-state index is 0.232. The number of rotatable bonds is 3. The van der Waals surface area contributed by atoms with E-state index in [0.29, 0.717) is 19.5 Å². The molecule has 0 bridgehead atoms. The highest BCUT2D eigenvalue weighted by molar-refractivity contribution is 7.09. The van der Waals surface area contributed by atoms with Gasteiger partial charge in [0.2, 0.25) is 0 Å². The Bertz CT molecular complexity index is 630. The monoisotopic (exact) mass is 328 g/mol. The van der Waals surface area contributed by atoms with E-state index >= 15 is 0 Å². The molecule has 2 aromatic rings. The number of thiazole rings is 1. The molecule has 3 nitrogen and oxygen atoms in total. The summed E-state index contributed by atoms with van der Waals surface area (Å²) in [4.78, 5) is 6.85. The van der Waals surface area contributed by atoms with Crippen LogP contribution >= 0.6 is 11.3 Å². The standard InChI is InChI=1S/C15H15F3N2OS/c16-15(17,18)13-4-2-1-3-12(13)14-5-10(21)7-20(14)8-11-6-19-9-22-11/h1-4,6,9-10,14,21H,5,7-8H2/t10-,14-/m0/s1. The van der Waals surface area contributed by atoms with E-state index in [1.54, 1.807) is 17.8 Å². The number of hydrogen-bond donors (Lipinski definition) is 1. The van der Waals surface area contributed by atoms with Gasteiger partial charge < -0.3 is 5.11 Å². The molecule has 1 N–H and O–H groups in total. The first-order valence-electron chi connectivity index (χ1n) is 6.91. The summed E-state index contributed by atoms with van der Waals surface area (Å²) in [7, 11) is 0. The lowest BCUT2D eigenvalue weighted by Gasteiger charge is -2.26. The number of β-amino-alcohol motifs (C(OH)–C–C–N with tert-alkyl or cyclic N) is 1. The number of halogens is 3. The third kappa shape index (κ3) is 3.16. The molecule has 2 heterocycles. The fraction of sp³-hybridized carbons (Fsp3) is 0.400. The summed E-state index contributed by atoms with van der Waals surface area (Å²) in [6.07, 6.45) is -2.98. The Balaban J connectivity index is 1.92. The number of nitrogens with zero attached hydrogens (tertiary/aromatic N) is 2. The lowest BCUT2D eigenvalue weighted by Crippen LogP contribution is -2.25. The van der Waals surface area contributed by atoms with Crippen LogP contribution in [0.5, 0.6) is 0 Å². The van der Waals surface area contributed by atoms with Gasteiger partial charge in [0, 0.05) is 30.2 Å². The SMILES string of the molecule is O[C@H]1C[C@@H](c2ccccc2C(F)(F)F)N(Cc2cncs2)C1. The zero-order valence-electron chi connectivity index (χ0n) is 11.6. The van der Waals surface area contributed by atoms with E-state index in [9.17, 15) is 18.3 Å². The average molecular weight is 328 g/mol. The fourth-order valence-corrected chi connectivity index (χ4v) is 3.56. The van der Waals surface area contributed by atoms with Gasteiger partial charge in [-0.2, -0.15) is 13.2 Å². The molecule has 1 aromatic carbocycles. The van der Waals surface area contributed by atoms with Crippen LogP contribution < -0.4 is 0 Å². The molecular weight excluding hydrogens is 313 g/mol. The first-order chi connectivity index (χ1) is 10.4. The van der Waals surface area contributed by atoms with E-state index in [2.05, 4.69) is 4.98 Å². The third-order valence-electron chi connectivity index (χ3n) is 3.85. The Hall–Kier alpha value is -1.44. The Morgan fingerprint density at radius 2 is 2.09 bits per heavy atom. The Kier molecular flexibility index (Phi) is 4.20. The van der Waals surface area contributed by atoms with Crippen molar-refractivity contribution < 1.29 is 18.3 Å². The van der Waals surface area contributed by atoms with Gasteiger partial charge in [-0.05, 0) is 18.1 Å². The summed E-state index contributed by atoms with van der Waals surface area (Å²) in [6, 6.07) is 5.18. The zero-order valence-corrected chi connectivity index (χ0v) is 12.4. The van der Waals surface area contributed by atoms with Crippen molar-refractivity contribution in [1.82, 2.24) is 9.88 Å². The summed E-state index contributed by atoms with van der Waals surface area (Å²) < 4.78 is 39.6. The van der Waals surface area contributed by atoms with Gasteiger partial charge >= 0.3 is 6.18 Å². The van der Waals surface area contributed by atoms with Crippen LogP contribution in [0, 0.1) is 0 Å². The highest BCUT2D eigenvalue weighted by Gasteiger charge is 2.39. The van der Waals surface area contributed by atoms with Crippen molar-refractivity contribution in [2.24, 2.45) is 0 Å². The topological polar surface area (TPSA) is 36.4 Å². The number of benzene rings is 1. The molecule has 0 radical (unpaired) electrons. The molecule has 7 heteroatoms. The molecule has 0 spiro atoms. The normalized spacial score (nSPS) is 23.1. The fourth-order valence-electron chi connectivity index (χ4n) is 2.94. The van der Waals surface area contributed by atoms with Crippen molar-refractivity contribution in [3.05, 3.63) is 52.0 Å². The molecule has 1 fully saturated rings. The van der Waals surface area contributed by atoms with E-state index in [0.717, 1.165) is 10.9 Å². The largest absolute Gasteiger partial charge is 0.416 e. The van der Waals surface area contributed by atoms with Crippen molar-refractivity contribution in [2.75, 3.05) is 6.54 Å². The first kappa shape index (κ1) is 15.5. The van der Waals surface area contributed by atoms with Crippen molar-refractivity contribution in [3.63, 3.8) is 0 Å². The zero-order chi connectivity index (χ0) is 15.7. The van der Waals surface area contributed by atoms with Gasteiger partial charge in [-0.3, -0.25) is 9.88 Å². The first-order valence-corrected chi connectivity index (χ1v) is 7.78. The molecule has 0 amide bonds. The molecule has 1 aliphatic heterocycles. The van der Waals surface area contributed by atoms with Crippen LogP contribution in [0.1, 0.15) is 28.5 Å². The molecule has 22 heavy (non-hydrogen) atoms. The molecule has 0 aliphatic carbocycles. The highest BCUT2D eigenvalue weighted by Crippen LogP contribution is 2.41. The number of aromatic nitrogens is 1. The highest BCUT2D eigenvalue weighted by atomic mass is 32.1. The molecular formula is C15H15F3N2OS. The lowest BCUT2D eigenvalue weighted by atomic mass is 9.97.